The lowest BCUT2D eigenvalue weighted by Crippen LogP contribution is -2.14. The number of fused-ring (bicyclic) bond motifs is 1. The fourth-order valence-corrected chi connectivity index (χ4v) is 4.13. The van der Waals surface area contributed by atoms with E-state index in [4.69, 9.17) is 4.74 Å². The van der Waals surface area contributed by atoms with Crippen LogP contribution in [0.4, 0.5) is 5.69 Å². The second kappa shape index (κ2) is 6.68. The van der Waals surface area contributed by atoms with Gasteiger partial charge in [0.15, 0.2) is 9.84 Å². The molecule has 26 heavy (non-hydrogen) atoms. The number of aromatic amines is 1. The first kappa shape index (κ1) is 17.0. The van der Waals surface area contributed by atoms with Crippen LogP contribution in [0.15, 0.2) is 53.6 Å². The highest BCUT2D eigenvalue weighted by molar-refractivity contribution is 7.90. The summed E-state index contributed by atoms with van der Waals surface area (Å²) in [6, 6.07) is 13.0. The van der Waals surface area contributed by atoms with Gasteiger partial charge >= 0.3 is 0 Å². The Kier molecular flexibility index (Phi) is 4.36. The average molecular weight is 370 g/mol. The summed E-state index contributed by atoms with van der Waals surface area (Å²) >= 11 is 0. The van der Waals surface area contributed by atoms with Gasteiger partial charge in [-0.15, -0.1) is 0 Å². The van der Waals surface area contributed by atoms with Gasteiger partial charge in [-0.25, -0.2) is 8.42 Å². The van der Waals surface area contributed by atoms with Gasteiger partial charge in [0, 0.05) is 29.9 Å². The number of hydrogen-bond donors (Lipinski definition) is 2. The van der Waals surface area contributed by atoms with Gasteiger partial charge in [-0.3, -0.25) is 0 Å². The van der Waals surface area contributed by atoms with Crippen molar-refractivity contribution in [2.75, 3.05) is 11.6 Å². The maximum absolute atomic E-state index is 11.6. The summed E-state index contributed by atoms with van der Waals surface area (Å²) in [7, 11) is -3.20. The quantitative estimate of drug-likeness (QED) is 0.682. The van der Waals surface area contributed by atoms with Crippen LogP contribution >= 0.6 is 0 Å². The highest BCUT2D eigenvalue weighted by atomic mass is 32.2. The second-order valence-electron chi connectivity index (χ2n) is 6.88. The Hall–Kier alpha value is -2.47. The minimum absolute atomic E-state index is 0.287. The van der Waals surface area contributed by atoms with Crippen molar-refractivity contribution in [3.8, 4) is 11.5 Å². The number of sulfone groups is 1. The van der Waals surface area contributed by atoms with Gasteiger partial charge in [-0.05, 0) is 49.2 Å². The molecule has 1 aromatic heterocycles. The van der Waals surface area contributed by atoms with Gasteiger partial charge in [0.1, 0.15) is 11.5 Å². The molecule has 2 N–H and O–H groups in total. The van der Waals surface area contributed by atoms with Crippen molar-refractivity contribution >= 4 is 26.4 Å². The monoisotopic (exact) mass is 370 g/mol. The van der Waals surface area contributed by atoms with E-state index in [1.807, 2.05) is 24.4 Å². The van der Waals surface area contributed by atoms with E-state index in [0.717, 1.165) is 22.3 Å². The summed E-state index contributed by atoms with van der Waals surface area (Å²) in [4.78, 5) is 3.58. The largest absolute Gasteiger partial charge is 0.457 e. The van der Waals surface area contributed by atoms with Crippen molar-refractivity contribution < 1.29 is 13.2 Å². The molecule has 1 saturated carbocycles. The summed E-state index contributed by atoms with van der Waals surface area (Å²) in [5.41, 5.74) is 2.12. The fraction of sp³-hybridized carbons (Fsp3) is 0.300. The van der Waals surface area contributed by atoms with E-state index in [-0.39, 0.29) is 4.90 Å². The Labute approximate surface area is 153 Å². The van der Waals surface area contributed by atoms with Gasteiger partial charge in [0.25, 0.3) is 0 Å². The van der Waals surface area contributed by atoms with Crippen LogP contribution in [0.25, 0.3) is 10.9 Å². The first-order valence-electron chi connectivity index (χ1n) is 8.85. The normalized spacial score (nSPS) is 15.4. The minimum atomic E-state index is -3.20. The third-order valence-electron chi connectivity index (χ3n) is 4.84. The molecular formula is C20H22N2O3S. The van der Waals surface area contributed by atoms with E-state index < -0.39 is 9.84 Å². The zero-order valence-corrected chi connectivity index (χ0v) is 15.5. The van der Waals surface area contributed by atoms with Crippen LogP contribution in [0.5, 0.6) is 11.5 Å². The van der Waals surface area contributed by atoms with Crippen molar-refractivity contribution in [3.05, 3.63) is 48.7 Å². The van der Waals surface area contributed by atoms with E-state index in [1.54, 1.807) is 24.3 Å². The SMILES string of the molecule is CS(=O)(=O)c1ccc(Oc2cc(NC3CCCC3)c3[nH]ccc3c2)cc1. The van der Waals surface area contributed by atoms with E-state index >= 15 is 0 Å². The van der Waals surface area contributed by atoms with Crippen molar-refractivity contribution in [1.82, 2.24) is 4.98 Å². The number of nitrogens with one attached hydrogen (secondary N) is 2. The standard InChI is InChI=1S/C20H22N2O3S/c1-26(23,24)18-8-6-16(7-9-18)25-17-12-14-10-11-21-20(14)19(13-17)22-15-4-2-3-5-15/h6-13,15,21-22H,2-5H2,1H3. The summed E-state index contributed by atoms with van der Waals surface area (Å²) in [5, 5.41) is 4.71. The molecule has 2 aromatic carbocycles. The van der Waals surface area contributed by atoms with E-state index in [2.05, 4.69) is 10.3 Å². The molecule has 0 radical (unpaired) electrons. The molecule has 1 aliphatic carbocycles. The highest BCUT2D eigenvalue weighted by Gasteiger charge is 2.17. The molecule has 1 fully saturated rings. The smallest absolute Gasteiger partial charge is 0.175 e. The molecule has 136 valence electrons. The number of ether oxygens (including phenoxy) is 1. The van der Waals surface area contributed by atoms with Gasteiger partial charge in [0.05, 0.1) is 16.1 Å². The molecule has 0 atom stereocenters. The minimum Gasteiger partial charge on any atom is -0.457 e. The van der Waals surface area contributed by atoms with Gasteiger partial charge < -0.3 is 15.0 Å². The van der Waals surface area contributed by atoms with Crippen LogP contribution < -0.4 is 10.1 Å². The van der Waals surface area contributed by atoms with Crippen LogP contribution in [-0.4, -0.2) is 25.7 Å². The Bertz CT molecular complexity index is 1020. The van der Waals surface area contributed by atoms with E-state index in [1.165, 1.54) is 31.9 Å². The predicted molar refractivity (Wildman–Crippen MR) is 104 cm³/mol. The Balaban J connectivity index is 1.61. The van der Waals surface area contributed by atoms with Gasteiger partial charge in [0.2, 0.25) is 0 Å². The number of benzene rings is 2. The van der Waals surface area contributed by atoms with Gasteiger partial charge in [-0.1, -0.05) is 12.8 Å². The topological polar surface area (TPSA) is 71.2 Å². The number of anilines is 1. The van der Waals surface area contributed by atoms with E-state index in [9.17, 15) is 8.42 Å². The third-order valence-corrected chi connectivity index (χ3v) is 5.96. The van der Waals surface area contributed by atoms with Crippen LogP contribution in [-0.2, 0) is 9.84 Å². The van der Waals surface area contributed by atoms with E-state index in [0.29, 0.717) is 11.8 Å². The Morgan fingerprint density at radius 2 is 1.77 bits per heavy atom. The van der Waals surface area contributed by atoms with Crippen LogP contribution in [0, 0.1) is 0 Å². The molecule has 4 rings (SSSR count). The van der Waals surface area contributed by atoms with Crippen molar-refractivity contribution in [3.63, 3.8) is 0 Å². The molecule has 0 aliphatic heterocycles. The molecule has 0 amide bonds. The van der Waals surface area contributed by atoms with Crippen molar-refractivity contribution in [2.45, 2.75) is 36.6 Å². The number of H-pyrrole nitrogens is 1. The first-order chi connectivity index (χ1) is 12.5. The molecule has 5 nitrogen and oxygen atoms in total. The number of aromatic nitrogens is 1. The van der Waals surface area contributed by atoms with Crippen LogP contribution in [0.1, 0.15) is 25.7 Å². The molecule has 0 spiro atoms. The maximum atomic E-state index is 11.6. The lowest BCUT2D eigenvalue weighted by atomic mass is 10.1. The third kappa shape index (κ3) is 3.55. The van der Waals surface area contributed by atoms with Crippen molar-refractivity contribution in [1.29, 1.82) is 0 Å². The molecule has 3 aromatic rings. The average Bonchev–Trinajstić information content (AvgIpc) is 3.26. The summed E-state index contributed by atoms with van der Waals surface area (Å²) in [5.74, 6) is 1.34. The lowest BCUT2D eigenvalue weighted by Gasteiger charge is -2.16. The highest BCUT2D eigenvalue weighted by Crippen LogP contribution is 2.33. The summed E-state index contributed by atoms with van der Waals surface area (Å²) in [6.07, 6.45) is 8.06. The summed E-state index contributed by atoms with van der Waals surface area (Å²) in [6.45, 7) is 0. The number of rotatable bonds is 5. The fourth-order valence-electron chi connectivity index (χ4n) is 3.50. The molecule has 0 saturated heterocycles. The van der Waals surface area contributed by atoms with Crippen molar-refractivity contribution in [2.24, 2.45) is 0 Å². The molecule has 6 heteroatoms. The molecule has 0 bridgehead atoms. The van der Waals surface area contributed by atoms with Crippen LogP contribution in [0.3, 0.4) is 0 Å². The maximum Gasteiger partial charge on any atom is 0.175 e. The molecule has 0 unspecified atom stereocenters. The second-order valence-corrected chi connectivity index (χ2v) is 8.90. The molecule has 1 aliphatic rings. The zero-order valence-electron chi connectivity index (χ0n) is 14.7. The predicted octanol–water partition coefficient (Wildman–Crippen LogP) is 4.72. The first-order valence-corrected chi connectivity index (χ1v) is 10.7. The number of hydrogen-bond acceptors (Lipinski definition) is 4. The zero-order chi connectivity index (χ0) is 18.1. The Morgan fingerprint density at radius 1 is 1.04 bits per heavy atom. The molecule has 1 heterocycles. The molecular weight excluding hydrogens is 348 g/mol. The van der Waals surface area contributed by atoms with Crippen LogP contribution in [0.2, 0.25) is 0 Å². The summed E-state index contributed by atoms with van der Waals surface area (Å²) < 4.78 is 29.1. The lowest BCUT2D eigenvalue weighted by molar-refractivity contribution is 0.483. The Morgan fingerprint density at radius 3 is 2.46 bits per heavy atom. The van der Waals surface area contributed by atoms with Gasteiger partial charge in [-0.2, -0.15) is 0 Å².